The van der Waals surface area contributed by atoms with Gasteiger partial charge >= 0.3 is 0 Å². The predicted molar refractivity (Wildman–Crippen MR) is 85.1 cm³/mol. The Bertz CT molecular complexity index is 597. The van der Waals surface area contributed by atoms with Crippen molar-refractivity contribution >= 4 is 5.69 Å². The molecule has 2 heteroatoms. The van der Waals surface area contributed by atoms with Crippen LogP contribution in [0.15, 0.2) is 42.5 Å². The van der Waals surface area contributed by atoms with Crippen LogP contribution < -0.4 is 10.5 Å². The Morgan fingerprint density at radius 3 is 2.45 bits per heavy atom. The number of ether oxygens (including phenoxy) is 1. The Hall–Kier alpha value is -1.96. The van der Waals surface area contributed by atoms with E-state index in [1.807, 2.05) is 24.3 Å². The average Bonchev–Trinajstić information content (AvgIpc) is 2.35. The molecule has 2 nitrogen and oxygen atoms in total. The molecule has 0 unspecified atom stereocenters. The molecule has 2 aromatic rings. The fourth-order valence-corrected chi connectivity index (χ4v) is 2.21. The SMILES string of the molecule is Cc1ccc(C(C)(C)C)c(OCc2cccc(N)c2)c1. The van der Waals surface area contributed by atoms with Gasteiger partial charge in [0.15, 0.2) is 0 Å². The predicted octanol–water partition coefficient (Wildman–Crippen LogP) is 4.45. The monoisotopic (exact) mass is 269 g/mol. The van der Waals surface area contributed by atoms with E-state index in [1.165, 1.54) is 11.1 Å². The maximum atomic E-state index is 6.03. The first-order chi connectivity index (χ1) is 9.36. The van der Waals surface area contributed by atoms with Crippen molar-refractivity contribution in [3.8, 4) is 5.75 Å². The van der Waals surface area contributed by atoms with E-state index < -0.39 is 0 Å². The number of nitrogens with two attached hydrogens (primary N) is 1. The first-order valence-electron chi connectivity index (χ1n) is 6.94. The molecule has 106 valence electrons. The Labute approximate surface area is 121 Å². The summed E-state index contributed by atoms with van der Waals surface area (Å²) in [6.07, 6.45) is 0. The van der Waals surface area contributed by atoms with E-state index in [0.29, 0.717) is 6.61 Å². The van der Waals surface area contributed by atoms with Gasteiger partial charge < -0.3 is 10.5 Å². The summed E-state index contributed by atoms with van der Waals surface area (Å²) in [5.74, 6) is 0.958. The van der Waals surface area contributed by atoms with Crippen LogP contribution in [0.4, 0.5) is 5.69 Å². The molecular formula is C18H23NO. The van der Waals surface area contributed by atoms with Crippen LogP contribution in [0.1, 0.15) is 37.5 Å². The maximum absolute atomic E-state index is 6.03. The molecule has 0 aromatic heterocycles. The third-order valence-electron chi connectivity index (χ3n) is 3.29. The van der Waals surface area contributed by atoms with Crippen LogP contribution in [-0.4, -0.2) is 0 Å². The zero-order valence-corrected chi connectivity index (χ0v) is 12.7. The van der Waals surface area contributed by atoms with Crippen molar-refractivity contribution in [1.82, 2.24) is 0 Å². The first kappa shape index (κ1) is 14.4. The van der Waals surface area contributed by atoms with Gasteiger partial charge in [0, 0.05) is 5.69 Å². The summed E-state index contributed by atoms with van der Waals surface area (Å²) in [7, 11) is 0. The van der Waals surface area contributed by atoms with E-state index in [2.05, 4.69) is 45.9 Å². The molecule has 2 N–H and O–H groups in total. The Kier molecular flexibility index (Phi) is 4.03. The molecule has 0 aliphatic heterocycles. The van der Waals surface area contributed by atoms with Gasteiger partial charge in [0.25, 0.3) is 0 Å². The number of anilines is 1. The van der Waals surface area contributed by atoms with Crippen molar-refractivity contribution in [2.75, 3.05) is 5.73 Å². The second-order valence-electron chi connectivity index (χ2n) is 6.28. The van der Waals surface area contributed by atoms with Gasteiger partial charge in [0.1, 0.15) is 12.4 Å². The van der Waals surface area contributed by atoms with E-state index in [1.54, 1.807) is 0 Å². The van der Waals surface area contributed by atoms with E-state index in [4.69, 9.17) is 10.5 Å². The number of hydrogen-bond acceptors (Lipinski definition) is 2. The minimum Gasteiger partial charge on any atom is -0.489 e. The molecule has 0 bridgehead atoms. The molecule has 0 aliphatic carbocycles. The third-order valence-corrected chi connectivity index (χ3v) is 3.29. The standard InChI is InChI=1S/C18H23NO/c1-13-8-9-16(18(2,3)4)17(10-13)20-12-14-6-5-7-15(19)11-14/h5-11H,12,19H2,1-4H3. The molecule has 0 heterocycles. The normalized spacial score (nSPS) is 11.4. The quantitative estimate of drug-likeness (QED) is 0.835. The van der Waals surface area contributed by atoms with E-state index >= 15 is 0 Å². The summed E-state index contributed by atoms with van der Waals surface area (Å²) in [6.45, 7) is 9.22. The lowest BCUT2D eigenvalue weighted by Gasteiger charge is -2.23. The van der Waals surface area contributed by atoms with E-state index in [0.717, 1.165) is 17.0 Å². The summed E-state index contributed by atoms with van der Waals surface area (Å²) >= 11 is 0. The molecule has 0 saturated carbocycles. The highest BCUT2D eigenvalue weighted by Crippen LogP contribution is 2.32. The zero-order chi connectivity index (χ0) is 14.8. The molecule has 0 atom stereocenters. The fraction of sp³-hybridized carbons (Fsp3) is 0.333. The number of nitrogen functional groups attached to an aromatic ring is 1. The van der Waals surface area contributed by atoms with Crippen LogP contribution >= 0.6 is 0 Å². The van der Waals surface area contributed by atoms with Crippen LogP contribution in [0.2, 0.25) is 0 Å². The highest BCUT2D eigenvalue weighted by molar-refractivity contribution is 5.43. The first-order valence-corrected chi connectivity index (χ1v) is 6.94. The van der Waals surface area contributed by atoms with Gasteiger partial charge in [-0.2, -0.15) is 0 Å². The number of hydrogen-bond donors (Lipinski definition) is 1. The smallest absolute Gasteiger partial charge is 0.123 e. The Morgan fingerprint density at radius 2 is 1.80 bits per heavy atom. The second kappa shape index (κ2) is 5.58. The summed E-state index contributed by atoms with van der Waals surface area (Å²) in [5, 5.41) is 0. The highest BCUT2D eigenvalue weighted by atomic mass is 16.5. The second-order valence-corrected chi connectivity index (χ2v) is 6.28. The van der Waals surface area contributed by atoms with Gasteiger partial charge in [-0.25, -0.2) is 0 Å². The maximum Gasteiger partial charge on any atom is 0.123 e. The molecule has 0 fully saturated rings. The third kappa shape index (κ3) is 3.53. The van der Waals surface area contributed by atoms with Crippen molar-refractivity contribution in [2.24, 2.45) is 0 Å². The van der Waals surface area contributed by atoms with Gasteiger partial charge in [-0.15, -0.1) is 0 Å². The van der Waals surface area contributed by atoms with Crippen molar-refractivity contribution in [3.63, 3.8) is 0 Å². The van der Waals surface area contributed by atoms with E-state index in [-0.39, 0.29) is 5.41 Å². The summed E-state index contributed by atoms with van der Waals surface area (Å²) in [5.41, 5.74) is 10.2. The van der Waals surface area contributed by atoms with Crippen LogP contribution in [-0.2, 0) is 12.0 Å². The van der Waals surface area contributed by atoms with Crippen molar-refractivity contribution in [3.05, 3.63) is 59.2 Å². The zero-order valence-electron chi connectivity index (χ0n) is 12.7. The van der Waals surface area contributed by atoms with Crippen LogP contribution in [0.3, 0.4) is 0 Å². The Morgan fingerprint density at radius 1 is 1.05 bits per heavy atom. The number of benzene rings is 2. The lowest BCUT2D eigenvalue weighted by Crippen LogP contribution is -2.13. The topological polar surface area (TPSA) is 35.2 Å². The lowest BCUT2D eigenvalue weighted by atomic mass is 9.86. The van der Waals surface area contributed by atoms with Crippen molar-refractivity contribution < 1.29 is 4.74 Å². The average molecular weight is 269 g/mol. The minimum absolute atomic E-state index is 0.0682. The van der Waals surface area contributed by atoms with Crippen LogP contribution in [0, 0.1) is 6.92 Å². The van der Waals surface area contributed by atoms with E-state index in [9.17, 15) is 0 Å². The molecule has 20 heavy (non-hydrogen) atoms. The molecule has 2 rings (SSSR count). The summed E-state index contributed by atoms with van der Waals surface area (Å²) < 4.78 is 6.03. The van der Waals surface area contributed by atoms with Crippen LogP contribution in [0.25, 0.3) is 0 Å². The molecule has 0 saturated heterocycles. The molecule has 0 radical (unpaired) electrons. The molecule has 2 aromatic carbocycles. The fourth-order valence-electron chi connectivity index (χ4n) is 2.21. The van der Waals surface area contributed by atoms with Gasteiger partial charge in [-0.3, -0.25) is 0 Å². The molecule has 0 aliphatic rings. The molecular weight excluding hydrogens is 246 g/mol. The summed E-state index contributed by atoms with van der Waals surface area (Å²) in [4.78, 5) is 0. The summed E-state index contributed by atoms with van der Waals surface area (Å²) in [6, 6.07) is 14.2. The molecule has 0 spiro atoms. The van der Waals surface area contributed by atoms with Crippen LogP contribution in [0.5, 0.6) is 5.75 Å². The van der Waals surface area contributed by atoms with Gasteiger partial charge in [-0.05, 0) is 47.2 Å². The van der Waals surface area contributed by atoms with Gasteiger partial charge in [-0.1, -0.05) is 45.0 Å². The highest BCUT2D eigenvalue weighted by Gasteiger charge is 2.18. The number of rotatable bonds is 3. The lowest BCUT2D eigenvalue weighted by molar-refractivity contribution is 0.297. The minimum atomic E-state index is 0.0682. The number of aryl methyl sites for hydroxylation is 1. The van der Waals surface area contributed by atoms with Gasteiger partial charge in [0.05, 0.1) is 0 Å². The largest absolute Gasteiger partial charge is 0.489 e. The van der Waals surface area contributed by atoms with Gasteiger partial charge in [0.2, 0.25) is 0 Å². The Balaban J connectivity index is 2.22. The molecule has 0 amide bonds. The van der Waals surface area contributed by atoms with Crippen molar-refractivity contribution in [1.29, 1.82) is 0 Å². The van der Waals surface area contributed by atoms with Crippen molar-refractivity contribution in [2.45, 2.75) is 39.7 Å².